The maximum absolute atomic E-state index is 12.7. The van der Waals surface area contributed by atoms with Crippen molar-refractivity contribution in [1.82, 2.24) is 10.0 Å². The number of para-hydroxylation sites is 1. The lowest BCUT2D eigenvalue weighted by atomic mass is 10.0. The molecule has 4 aromatic rings. The van der Waals surface area contributed by atoms with Gasteiger partial charge in [0, 0.05) is 28.6 Å². The molecule has 160 valence electrons. The maximum atomic E-state index is 12.7. The number of amides is 2. The van der Waals surface area contributed by atoms with E-state index in [0.29, 0.717) is 29.3 Å². The summed E-state index contributed by atoms with van der Waals surface area (Å²) in [4.78, 5) is 24.3. The van der Waals surface area contributed by atoms with Crippen molar-refractivity contribution in [3.8, 4) is 22.6 Å². The highest BCUT2D eigenvalue weighted by molar-refractivity contribution is 6.10. The van der Waals surface area contributed by atoms with Crippen LogP contribution in [0.4, 0.5) is 0 Å². The fourth-order valence-electron chi connectivity index (χ4n) is 4.08. The standard InChI is InChI=1S/C24H19N3O5/c25-23(28)22-21(16-9-10-19-20(11-16)32-13-31-19)17-3-1-2-4-18(17)27(22)12-14-5-7-15(8-6-14)24(29)26-30/h1-11,30H,12-13H2,(H2,25,28)(H,26,29). The molecule has 1 aliphatic rings. The zero-order valence-electron chi connectivity index (χ0n) is 16.9. The second-order valence-electron chi connectivity index (χ2n) is 7.40. The molecule has 5 rings (SSSR count). The number of benzene rings is 3. The van der Waals surface area contributed by atoms with Crippen LogP contribution in [0.15, 0.2) is 66.7 Å². The molecule has 0 saturated carbocycles. The normalized spacial score (nSPS) is 12.2. The second-order valence-corrected chi connectivity index (χ2v) is 7.40. The third kappa shape index (κ3) is 3.23. The van der Waals surface area contributed by atoms with Gasteiger partial charge in [0.1, 0.15) is 5.69 Å². The molecule has 0 aliphatic carbocycles. The molecule has 0 spiro atoms. The zero-order valence-corrected chi connectivity index (χ0v) is 16.9. The van der Waals surface area contributed by atoms with E-state index in [-0.39, 0.29) is 6.79 Å². The Hall–Kier alpha value is -4.30. The quantitative estimate of drug-likeness (QED) is 0.333. The number of primary amides is 1. The van der Waals surface area contributed by atoms with Gasteiger partial charge >= 0.3 is 0 Å². The number of nitrogens with one attached hydrogen (secondary N) is 1. The van der Waals surface area contributed by atoms with Gasteiger partial charge in [-0.3, -0.25) is 14.8 Å². The SMILES string of the molecule is NC(=O)c1c(-c2ccc3c(c2)OCO3)c2ccccc2n1Cc1ccc(C(=O)NO)cc1. The first-order valence-corrected chi connectivity index (χ1v) is 9.91. The van der Waals surface area contributed by atoms with Gasteiger partial charge in [-0.15, -0.1) is 0 Å². The van der Waals surface area contributed by atoms with Gasteiger partial charge in [0.2, 0.25) is 6.79 Å². The van der Waals surface area contributed by atoms with Crippen molar-refractivity contribution in [2.75, 3.05) is 6.79 Å². The van der Waals surface area contributed by atoms with Crippen molar-refractivity contribution in [2.24, 2.45) is 5.73 Å². The third-order valence-corrected chi connectivity index (χ3v) is 5.52. The summed E-state index contributed by atoms with van der Waals surface area (Å²) in [5.74, 6) is 0.133. The molecule has 0 bridgehead atoms. The summed E-state index contributed by atoms with van der Waals surface area (Å²) in [5, 5.41) is 9.69. The number of hydrogen-bond donors (Lipinski definition) is 3. The minimum absolute atomic E-state index is 0.160. The van der Waals surface area contributed by atoms with Gasteiger partial charge in [-0.2, -0.15) is 0 Å². The van der Waals surface area contributed by atoms with Crippen molar-refractivity contribution >= 4 is 22.7 Å². The maximum Gasteiger partial charge on any atom is 0.274 e. The minimum atomic E-state index is -0.592. The molecule has 0 saturated heterocycles. The summed E-state index contributed by atoms with van der Waals surface area (Å²) in [7, 11) is 0. The Balaban J connectivity index is 1.66. The van der Waals surface area contributed by atoms with E-state index < -0.39 is 11.8 Å². The lowest BCUT2D eigenvalue weighted by molar-refractivity contribution is 0.0706. The number of nitrogens with zero attached hydrogens (tertiary/aromatic N) is 1. The second kappa shape index (κ2) is 7.75. The molecule has 3 aromatic carbocycles. The molecule has 8 heteroatoms. The summed E-state index contributed by atoms with van der Waals surface area (Å²) in [6.07, 6.45) is 0. The van der Waals surface area contributed by atoms with E-state index >= 15 is 0 Å². The highest BCUT2D eigenvalue weighted by Gasteiger charge is 2.24. The number of hydroxylamine groups is 1. The minimum Gasteiger partial charge on any atom is -0.454 e. The molecule has 8 nitrogen and oxygen atoms in total. The van der Waals surface area contributed by atoms with Crippen LogP contribution in [0.25, 0.3) is 22.0 Å². The Morgan fingerprint density at radius 1 is 1.00 bits per heavy atom. The summed E-state index contributed by atoms with van der Waals surface area (Å²) >= 11 is 0. The van der Waals surface area contributed by atoms with Gasteiger partial charge < -0.3 is 19.8 Å². The van der Waals surface area contributed by atoms with Crippen molar-refractivity contribution in [1.29, 1.82) is 0 Å². The average molecular weight is 429 g/mol. The molecule has 0 atom stereocenters. The zero-order chi connectivity index (χ0) is 22.2. The van der Waals surface area contributed by atoms with Crippen LogP contribution in [-0.4, -0.2) is 28.4 Å². The van der Waals surface area contributed by atoms with Crippen LogP contribution in [0.5, 0.6) is 11.5 Å². The largest absolute Gasteiger partial charge is 0.454 e. The monoisotopic (exact) mass is 429 g/mol. The van der Waals surface area contributed by atoms with Gasteiger partial charge in [-0.25, -0.2) is 5.48 Å². The van der Waals surface area contributed by atoms with Gasteiger partial charge in [-0.05, 0) is 41.5 Å². The molecule has 0 unspecified atom stereocenters. The van der Waals surface area contributed by atoms with E-state index in [1.54, 1.807) is 29.7 Å². The van der Waals surface area contributed by atoms with E-state index in [2.05, 4.69) is 0 Å². The van der Waals surface area contributed by atoms with Crippen molar-refractivity contribution in [3.05, 3.63) is 83.6 Å². The van der Waals surface area contributed by atoms with E-state index in [0.717, 1.165) is 27.6 Å². The summed E-state index contributed by atoms with van der Waals surface area (Å²) in [5.41, 5.74) is 11.4. The van der Waals surface area contributed by atoms with Crippen molar-refractivity contribution < 1.29 is 24.3 Å². The van der Waals surface area contributed by atoms with Gasteiger partial charge in [0.25, 0.3) is 11.8 Å². The summed E-state index contributed by atoms with van der Waals surface area (Å²) in [6, 6.07) is 20.0. The highest BCUT2D eigenvalue weighted by atomic mass is 16.7. The van der Waals surface area contributed by atoms with Crippen LogP contribution in [0.3, 0.4) is 0 Å². The van der Waals surface area contributed by atoms with Crippen molar-refractivity contribution in [2.45, 2.75) is 6.54 Å². The van der Waals surface area contributed by atoms with Crippen LogP contribution in [0.2, 0.25) is 0 Å². The number of carbonyl (C=O) groups excluding carboxylic acids is 2. The summed E-state index contributed by atoms with van der Waals surface area (Å²) in [6.45, 7) is 0.526. The first kappa shape index (κ1) is 19.7. The van der Waals surface area contributed by atoms with Crippen molar-refractivity contribution in [3.63, 3.8) is 0 Å². The topological polar surface area (TPSA) is 116 Å². The number of fused-ring (bicyclic) bond motifs is 2. The van der Waals surface area contributed by atoms with E-state index in [1.807, 2.05) is 47.0 Å². The number of rotatable bonds is 5. The van der Waals surface area contributed by atoms with Gasteiger partial charge in [0.05, 0.1) is 0 Å². The van der Waals surface area contributed by atoms with Crippen LogP contribution in [0.1, 0.15) is 26.4 Å². The van der Waals surface area contributed by atoms with E-state index in [1.165, 1.54) is 0 Å². The first-order valence-electron chi connectivity index (χ1n) is 9.91. The summed E-state index contributed by atoms with van der Waals surface area (Å²) < 4.78 is 12.8. The lowest BCUT2D eigenvalue weighted by Crippen LogP contribution is -2.19. The van der Waals surface area contributed by atoms with Gasteiger partial charge in [0.15, 0.2) is 11.5 Å². The molecule has 2 amide bonds. The molecule has 1 aromatic heterocycles. The third-order valence-electron chi connectivity index (χ3n) is 5.52. The molecule has 1 aliphatic heterocycles. The Morgan fingerprint density at radius 3 is 2.50 bits per heavy atom. The molecular formula is C24H19N3O5. The molecule has 32 heavy (non-hydrogen) atoms. The Morgan fingerprint density at radius 2 is 1.75 bits per heavy atom. The van der Waals surface area contributed by atoms with Crippen LogP contribution < -0.4 is 20.7 Å². The molecular weight excluding hydrogens is 410 g/mol. The molecule has 0 fully saturated rings. The number of ether oxygens (including phenoxy) is 2. The average Bonchev–Trinajstić information content (AvgIpc) is 3.41. The Kier molecular flexibility index (Phi) is 4.76. The lowest BCUT2D eigenvalue weighted by Gasteiger charge is -2.11. The van der Waals surface area contributed by atoms with E-state index in [4.69, 9.17) is 20.4 Å². The predicted molar refractivity (Wildman–Crippen MR) is 117 cm³/mol. The van der Waals surface area contributed by atoms with E-state index in [9.17, 15) is 9.59 Å². The number of carbonyl (C=O) groups is 2. The predicted octanol–water partition coefficient (Wildman–Crippen LogP) is 3.30. The first-order chi connectivity index (χ1) is 15.6. The number of aromatic nitrogens is 1. The highest BCUT2D eigenvalue weighted by Crippen LogP contribution is 2.40. The van der Waals surface area contributed by atoms with Crippen LogP contribution in [-0.2, 0) is 6.54 Å². The number of hydrogen-bond acceptors (Lipinski definition) is 5. The molecule has 4 N–H and O–H groups in total. The smallest absolute Gasteiger partial charge is 0.274 e. The molecule has 2 heterocycles. The van der Waals surface area contributed by atoms with Crippen LogP contribution in [0, 0.1) is 0 Å². The van der Waals surface area contributed by atoms with Gasteiger partial charge in [-0.1, -0.05) is 36.4 Å². The fourth-order valence-corrected chi connectivity index (χ4v) is 4.08. The van der Waals surface area contributed by atoms with Crippen LogP contribution >= 0.6 is 0 Å². The Bertz CT molecular complexity index is 1360. The number of nitrogens with two attached hydrogens (primary N) is 1. The fraction of sp³-hybridized carbons (Fsp3) is 0.0833. The molecule has 0 radical (unpaired) electrons. The Labute approximate surface area is 182 Å².